The first-order chi connectivity index (χ1) is 11.5. The summed E-state index contributed by atoms with van der Waals surface area (Å²) in [6.45, 7) is 14.2. The van der Waals surface area contributed by atoms with Gasteiger partial charge in [-0.15, -0.1) is 0 Å². The number of rotatable bonds is 6. The Balaban J connectivity index is 1.70. The lowest BCUT2D eigenvalue weighted by Crippen LogP contribution is -2.53. The number of hydrogen-bond acceptors (Lipinski definition) is 4. The largest absolute Gasteiger partial charge is 0.342 e. The molecule has 0 aromatic heterocycles. The van der Waals surface area contributed by atoms with Crippen LogP contribution in [0.4, 0.5) is 0 Å². The zero-order chi connectivity index (χ0) is 17.5. The molecule has 2 rings (SSSR count). The third kappa shape index (κ3) is 5.45. The van der Waals surface area contributed by atoms with E-state index in [4.69, 9.17) is 0 Å². The Labute approximate surface area is 146 Å². The van der Waals surface area contributed by atoms with Crippen LogP contribution in [0.25, 0.3) is 0 Å². The number of amides is 2. The minimum absolute atomic E-state index is 0.215. The summed E-state index contributed by atoms with van der Waals surface area (Å²) in [5, 5.41) is 0. The van der Waals surface area contributed by atoms with Crippen molar-refractivity contribution in [3.05, 3.63) is 0 Å². The van der Waals surface area contributed by atoms with Gasteiger partial charge in [-0.05, 0) is 32.6 Å². The average Bonchev–Trinajstić information content (AvgIpc) is 2.57. The van der Waals surface area contributed by atoms with Crippen molar-refractivity contribution in [1.29, 1.82) is 0 Å². The van der Waals surface area contributed by atoms with Crippen molar-refractivity contribution in [2.24, 2.45) is 5.92 Å². The number of piperidine rings is 1. The molecule has 2 saturated heterocycles. The molecule has 0 aromatic rings. The van der Waals surface area contributed by atoms with Crippen molar-refractivity contribution in [3.8, 4) is 0 Å². The molecule has 6 nitrogen and oxygen atoms in total. The Kier molecular flexibility index (Phi) is 7.49. The summed E-state index contributed by atoms with van der Waals surface area (Å²) >= 11 is 0. The van der Waals surface area contributed by atoms with Gasteiger partial charge in [0, 0.05) is 52.4 Å². The summed E-state index contributed by atoms with van der Waals surface area (Å²) in [4.78, 5) is 33.0. The summed E-state index contributed by atoms with van der Waals surface area (Å²) in [6.07, 6.45) is 2.37. The number of likely N-dealkylation sites (N-methyl/N-ethyl adjacent to an activating group) is 1. The Morgan fingerprint density at radius 3 is 2.08 bits per heavy atom. The third-order valence-corrected chi connectivity index (χ3v) is 5.31. The average molecular weight is 338 g/mol. The zero-order valence-corrected chi connectivity index (χ0v) is 15.7. The van der Waals surface area contributed by atoms with Crippen LogP contribution < -0.4 is 0 Å². The predicted octanol–water partition coefficient (Wildman–Crippen LogP) is 0.731. The van der Waals surface area contributed by atoms with Gasteiger partial charge in [-0.25, -0.2) is 0 Å². The Morgan fingerprint density at radius 1 is 0.958 bits per heavy atom. The molecule has 0 aromatic carbocycles. The van der Waals surface area contributed by atoms with E-state index in [0.29, 0.717) is 19.0 Å². The molecule has 6 heteroatoms. The van der Waals surface area contributed by atoms with Crippen molar-refractivity contribution in [2.75, 3.05) is 65.4 Å². The van der Waals surface area contributed by atoms with E-state index in [-0.39, 0.29) is 11.8 Å². The highest BCUT2D eigenvalue weighted by Crippen LogP contribution is 2.16. The van der Waals surface area contributed by atoms with Crippen LogP contribution in [0.1, 0.15) is 33.6 Å². The van der Waals surface area contributed by atoms with Gasteiger partial charge < -0.3 is 9.80 Å². The van der Waals surface area contributed by atoms with E-state index >= 15 is 0 Å². The molecule has 2 heterocycles. The van der Waals surface area contributed by atoms with Gasteiger partial charge in [0.2, 0.25) is 11.8 Å². The molecular weight excluding hydrogens is 304 g/mol. The van der Waals surface area contributed by atoms with Gasteiger partial charge in [0.25, 0.3) is 0 Å². The molecule has 0 saturated carbocycles. The van der Waals surface area contributed by atoms with Gasteiger partial charge in [0.05, 0.1) is 13.1 Å². The van der Waals surface area contributed by atoms with E-state index in [1.807, 2.05) is 23.6 Å². The Hall–Kier alpha value is -1.14. The molecule has 1 unspecified atom stereocenters. The second-order valence-corrected chi connectivity index (χ2v) is 7.21. The highest BCUT2D eigenvalue weighted by Gasteiger charge is 2.25. The maximum Gasteiger partial charge on any atom is 0.236 e. The topological polar surface area (TPSA) is 47.1 Å². The van der Waals surface area contributed by atoms with Crippen molar-refractivity contribution in [3.63, 3.8) is 0 Å². The third-order valence-electron chi connectivity index (χ3n) is 5.31. The fraction of sp³-hybridized carbons (Fsp3) is 0.889. The smallest absolute Gasteiger partial charge is 0.236 e. The highest BCUT2D eigenvalue weighted by atomic mass is 16.2. The number of likely N-dealkylation sites (tertiary alicyclic amines) is 1. The fourth-order valence-electron chi connectivity index (χ4n) is 3.68. The SMILES string of the molecule is CCN(CC)C(=O)CN1CCN(CC(=O)N2CCCC(C)C2)CC1. The van der Waals surface area contributed by atoms with E-state index in [1.54, 1.807) is 0 Å². The lowest BCUT2D eigenvalue weighted by Gasteiger charge is -2.37. The number of carbonyl (C=O) groups is 2. The summed E-state index contributed by atoms with van der Waals surface area (Å²) in [7, 11) is 0. The van der Waals surface area contributed by atoms with Crippen LogP contribution in [-0.4, -0.2) is 96.9 Å². The molecule has 2 aliphatic rings. The first-order valence-corrected chi connectivity index (χ1v) is 9.53. The molecule has 0 radical (unpaired) electrons. The van der Waals surface area contributed by atoms with E-state index < -0.39 is 0 Å². The van der Waals surface area contributed by atoms with E-state index in [2.05, 4.69) is 16.7 Å². The highest BCUT2D eigenvalue weighted by molar-refractivity contribution is 5.79. The first kappa shape index (κ1) is 19.2. The summed E-state index contributed by atoms with van der Waals surface area (Å²) in [5.41, 5.74) is 0. The van der Waals surface area contributed by atoms with Gasteiger partial charge in [0.15, 0.2) is 0 Å². The maximum absolute atomic E-state index is 12.4. The van der Waals surface area contributed by atoms with Gasteiger partial charge in [-0.3, -0.25) is 19.4 Å². The van der Waals surface area contributed by atoms with Crippen LogP contribution in [0.3, 0.4) is 0 Å². The summed E-state index contributed by atoms with van der Waals surface area (Å²) in [6, 6.07) is 0. The number of hydrogen-bond donors (Lipinski definition) is 0. The molecule has 2 fully saturated rings. The van der Waals surface area contributed by atoms with E-state index in [9.17, 15) is 9.59 Å². The quantitative estimate of drug-likeness (QED) is 0.716. The lowest BCUT2D eigenvalue weighted by atomic mass is 10.0. The lowest BCUT2D eigenvalue weighted by molar-refractivity contribution is -0.136. The van der Waals surface area contributed by atoms with Crippen LogP contribution in [0, 0.1) is 5.92 Å². The molecule has 0 bridgehead atoms. The summed E-state index contributed by atoms with van der Waals surface area (Å²) in [5.74, 6) is 1.12. The van der Waals surface area contributed by atoms with Crippen molar-refractivity contribution in [2.45, 2.75) is 33.6 Å². The molecule has 2 aliphatic heterocycles. The second-order valence-electron chi connectivity index (χ2n) is 7.21. The predicted molar refractivity (Wildman–Crippen MR) is 95.8 cm³/mol. The van der Waals surface area contributed by atoms with Crippen molar-refractivity contribution >= 4 is 11.8 Å². The number of nitrogens with zero attached hydrogens (tertiary/aromatic N) is 4. The van der Waals surface area contributed by atoms with Gasteiger partial charge in [-0.2, -0.15) is 0 Å². The molecule has 138 valence electrons. The van der Waals surface area contributed by atoms with Gasteiger partial charge in [0.1, 0.15) is 0 Å². The molecule has 1 atom stereocenters. The molecule has 0 aliphatic carbocycles. The van der Waals surface area contributed by atoms with Crippen LogP contribution in [0.5, 0.6) is 0 Å². The van der Waals surface area contributed by atoms with Crippen LogP contribution >= 0.6 is 0 Å². The van der Waals surface area contributed by atoms with Crippen LogP contribution in [-0.2, 0) is 9.59 Å². The molecular formula is C18H34N4O2. The Morgan fingerprint density at radius 2 is 1.54 bits per heavy atom. The zero-order valence-electron chi connectivity index (χ0n) is 15.7. The summed E-state index contributed by atoms with van der Waals surface area (Å²) < 4.78 is 0. The van der Waals surface area contributed by atoms with Crippen molar-refractivity contribution in [1.82, 2.24) is 19.6 Å². The monoisotopic (exact) mass is 338 g/mol. The molecule has 0 N–H and O–H groups in total. The normalized spacial score (nSPS) is 23.3. The molecule has 24 heavy (non-hydrogen) atoms. The van der Waals surface area contributed by atoms with E-state index in [0.717, 1.165) is 58.8 Å². The van der Waals surface area contributed by atoms with Crippen LogP contribution in [0.2, 0.25) is 0 Å². The minimum Gasteiger partial charge on any atom is -0.342 e. The molecule has 2 amide bonds. The Bertz CT molecular complexity index is 417. The number of carbonyl (C=O) groups excluding carboxylic acids is 2. The van der Waals surface area contributed by atoms with Crippen LogP contribution in [0.15, 0.2) is 0 Å². The maximum atomic E-state index is 12.4. The second kappa shape index (κ2) is 9.37. The van der Waals surface area contributed by atoms with Gasteiger partial charge in [-0.1, -0.05) is 6.92 Å². The first-order valence-electron chi connectivity index (χ1n) is 9.53. The van der Waals surface area contributed by atoms with E-state index in [1.165, 1.54) is 6.42 Å². The van der Waals surface area contributed by atoms with Gasteiger partial charge >= 0.3 is 0 Å². The van der Waals surface area contributed by atoms with Crippen molar-refractivity contribution < 1.29 is 9.59 Å². The number of piperazine rings is 1. The standard InChI is InChI=1S/C18H34N4O2/c1-4-21(5-2)17(23)14-19-9-11-20(12-10-19)15-18(24)22-8-6-7-16(3)13-22/h16H,4-15H2,1-3H3. The molecule has 0 spiro atoms. The minimum atomic E-state index is 0.215. The fourth-order valence-corrected chi connectivity index (χ4v) is 3.68.